The summed E-state index contributed by atoms with van der Waals surface area (Å²) in [5.41, 5.74) is 1.71. The molecule has 1 saturated carbocycles. The van der Waals surface area contributed by atoms with E-state index < -0.39 is 6.04 Å². The topological polar surface area (TPSA) is 58.6 Å². The van der Waals surface area contributed by atoms with E-state index in [4.69, 9.17) is 16.3 Å². The van der Waals surface area contributed by atoms with Crippen molar-refractivity contribution >= 4 is 40.9 Å². The van der Waals surface area contributed by atoms with Crippen LogP contribution in [0, 0.1) is 5.92 Å². The summed E-state index contributed by atoms with van der Waals surface area (Å²) in [6, 6.07) is 14.4. The fourth-order valence-electron chi connectivity index (χ4n) is 3.58. The molecule has 2 aliphatic rings. The highest BCUT2D eigenvalue weighted by Gasteiger charge is 2.49. The third-order valence-corrected chi connectivity index (χ3v) is 6.59. The van der Waals surface area contributed by atoms with Crippen LogP contribution in [-0.2, 0) is 9.59 Å². The van der Waals surface area contributed by atoms with Crippen LogP contribution < -0.4 is 10.1 Å². The molecule has 1 heterocycles. The lowest BCUT2D eigenvalue weighted by molar-refractivity contribution is -0.137. The molecule has 0 spiro atoms. The van der Waals surface area contributed by atoms with Crippen LogP contribution in [0.1, 0.15) is 17.9 Å². The highest BCUT2D eigenvalue weighted by molar-refractivity contribution is 7.99. The van der Waals surface area contributed by atoms with Gasteiger partial charge in [-0.15, -0.1) is 11.8 Å². The average molecular weight is 417 g/mol. The zero-order valence-electron chi connectivity index (χ0n) is 15.4. The molecule has 28 heavy (non-hydrogen) atoms. The highest BCUT2D eigenvalue weighted by Crippen LogP contribution is 2.51. The van der Waals surface area contributed by atoms with Gasteiger partial charge in [0.1, 0.15) is 11.8 Å². The van der Waals surface area contributed by atoms with Crippen LogP contribution in [0.4, 0.5) is 5.69 Å². The number of methoxy groups -OCH3 is 1. The average Bonchev–Trinajstić information content (AvgIpc) is 3.34. The second-order valence-corrected chi connectivity index (χ2v) is 8.42. The minimum absolute atomic E-state index is 0.0461. The summed E-state index contributed by atoms with van der Waals surface area (Å²) < 4.78 is 5.13. The van der Waals surface area contributed by atoms with E-state index in [-0.39, 0.29) is 23.7 Å². The maximum atomic E-state index is 13.0. The van der Waals surface area contributed by atoms with E-state index in [0.29, 0.717) is 22.3 Å². The van der Waals surface area contributed by atoms with E-state index in [1.807, 2.05) is 24.3 Å². The summed E-state index contributed by atoms with van der Waals surface area (Å²) in [5.74, 6) is 1.84. The van der Waals surface area contributed by atoms with Crippen molar-refractivity contribution < 1.29 is 14.3 Å². The molecule has 0 aromatic heterocycles. The number of rotatable bonds is 5. The van der Waals surface area contributed by atoms with Gasteiger partial charge in [0, 0.05) is 22.4 Å². The van der Waals surface area contributed by atoms with Gasteiger partial charge in [0.05, 0.1) is 13.0 Å². The normalized spacial score (nSPS) is 23.4. The number of hydrogen-bond acceptors (Lipinski definition) is 4. The molecule has 1 N–H and O–H groups in total. The molecule has 146 valence electrons. The zero-order valence-corrected chi connectivity index (χ0v) is 17.0. The zero-order chi connectivity index (χ0) is 19.7. The number of ether oxygens (including phenoxy) is 1. The van der Waals surface area contributed by atoms with E-state index in [0.717, 1.165) is 17.7 Å². The Labute approximate surface area is 173 Å². The SMILES string of the molecule is COc1ccc(NC(=O)C2CSCN2C(=O)C2CC2c2ccccc2Cl)cc1. The molecule has 1 aliphatic heterocycles. The Morgan fingerprint density at radius 3 is 2.64 bits per heavy atom. The van der Waals surface area contributed by atoms with E-state index >= 15 is 0 Å². The van der Waals surface area contributed by atoms with Gasteiger partial charge in [0.2, 0.25) is 11.8 Å². The summed E-state index contributed by atoms with van der Waals surface area (Å²) in [6.45, 7) is 0. The van der Waals surface area contributed by atoms with E-state index in [1.54, 1.807) is 48.0 Å². The molecule has 1 aliphatic carbocycles. The van der Waals surface area contributed by atoms with Gasteiger partial charge in [0.25, 0.3) is 0 Å². The number of benzene rings is 2. The molecular weight excluding hydrogens is 396 g/mol. The second-order valence-electron chi connectivity index (χ2n) is 7.01. The quantitative estimate of drug-likeness (QED) is 0.800. The minimum Gasteiger partial charge on any atom is -0.497 e. The molecular formula is C21H21ClN2O3S. The van der Waals surface area contributed by atoms with Crippen molar-refractivity contribution in [2.24, 2.45) is 5.92 Å². The monoisotopic (exact) mass is 416 g/mol. The van der Waals surface area contributed by atoms with Crippen LogP contribution in [0.25, 0.3) is 0 Å². The minimum atomic E-state index is -0.452. The first-order valence-corrected chi connectivity index (χ1v) is 10.7. The summed E-state index contributed by atoms with van der Waals surface area (Å²) in [5, 5.41) is 3.61. The van der Waals surface area contributed by atoms with Gasteiger partial charge in [-0.2, -0.15) is 0 Å². The summed E-state index contributed by atoms with van der Waals surface area (Å²) in [7, 11) is 1.60. The van der Waals surface area contributed by atoms with Crippen LogP contribution in [0.2, 0.25) is 5.02 Å². The van der Waals surface area contributed by atoms with Gasteiger partial charge in [-0.05, 0) is 48.2 Å². The van der Waals surface area contributed by atoms with Crippen molar-refractivity contribution in [2.75, 3.05) is 24.1 Å². The van der Waals surface area contributed by atoms with Crippen molar-refractivity contribution in [3.05, 3.63) is 59.1 Å². The maximum Gasteiger partial charge on any atom is 0.248 e. The van der Waals surface area contributed by atoms with Gasteiger partial charge in [-0.1, -0.05) is 29.8 Å². The second kappa shape index (κ2) is 8.05. The summed E-state index contributed by atoms with van der Waals surface area (Å²) in [6.07, 6.45) is 0.788. The number of halogens is 1. The number of nitrogens with one attached hydrogen (secondary N) is 1. The van der Waals surface area contributed by atoms with Gasteiger partial charge in [0.15, 0.2) is 0 Å². The smallest absolute Gasteiger partial charge is 0.248 e. The lowest BCUT2D eigenvalue weighted by Gasteiger charge is -2.23. The van der Waals surface area contributed by atoms with E-state index in [2.05, 4.69) is 5.32 Å². The Morgan fingerprint density at radius 1 is 1.18 bits per heavy atom. The van der Waals surface area contributed by atoms with Crippen molar-refractivity contribution in [3.8, 4) is 5.75 Å². The Kier molecular flexibility index (Phi) is 5.51. The number of anilines is 1. The van der Waals surface area contributed by atoms with Gasteiger partial charge in [-0.3, -0.25) is 9.59 Å². The number of thioether (sulfide) groups is 1. The standard InChI is InChI=1S/C21H21ClN2O3S/c1-27-14-8-6-13(7-9-14)23-20(25)19-11-28-12-24(19)21(26)17-10-16(17)15-4-2-3-5-18(15)22/h2-9,16-17,19H,10-12H2,1H3,(H,23,25). The van der Waals surface area contributed by atoms with Gasteiger partial charge >= 0.3 is 0 Å². The Balaban J connectivity index is 1.41. The number of carbonyl (C=O) groups is 2. The first kappa shape index (κ1) is 19.2. The Bertz CT molecular complexity index is 889. The number of nitrogens with zero attached hydrogens (tertiary/aromatic N) is 1. The first-order valence-electron chi connectivity index (χ1n) is 9.16. The van der Waals surface area contributed by atoms with Crippen molar-refractivity contribution in [2.45, 2.75) is 18.4 Å². The molecule has 2 fully saturated rings. The fourth-order valence-corrected chi connectivity index (χ4v) is 5.02. The van der Waals surface area contributed by atoms with Crippen molar-refractivity contribution in [1.29, 1.82) is 0 Å². The van der Waals surface area contributed by atoms with E-state index in [9.17, 15) is 9.59 Å². The molecule has 5 nitrogen and oxygen atoms in total. The van der Waals surface area contributed by atoms with Crippen LogP contribution in [0.5, 0.6) is 5.75 Å². The van der Waals surface area contributed by atoms with Crippen LogP contribution in [0.15, 0.2) is 48.5 Å². The summed E-state index contributed by atoms with van der Waals surface area (Å²) in [4.78, 5) is 27.5. The highest BCUT2D eigenvalue weighted by atomic mass is 35.5. The van der Waals surface area contributed by atoms with Gasteiger partial charge < -0.3 is 15.0 Å². The van der Waals surface area contributed by atoms with Crippen molar-refractivity contribution in [3.63, 3.8) is 0 Å². The Hall–Kier alpha value is -2.18. The predicted molar refractivity (Wildman–Crippen MR) is 112 cm³/mol. The van der Waals surface area contributed by atoms with Gasteiger partial charge in [-0.25, -0.2) is 0 Å². The molecule has 2 aromatic rings. The lowest BCUT2D eigenvalue weighted by Crippen LogP contribution is -2.45. The maximum absolute atomic E-state index is 13.0. The van der Waals surface area contributed by atoms with Crippen LogP contribution in [0.3, 0.4) is 0 Å². The molecule has 2 aromatic carbocycles. The number of amides is 2. The molecule has 0 bridgehead atoms. The molecule has 1 saturated heterocycles. The lowest BCUT2D eigenvalue weighted by atomic mass is 10.1. The van der Waals surface area contributed by atoms with E-state index in [1.165, 1.54) is 0 Å². The van der Waals surface area contributed by atoms with Crippen molar-refractivity contribution in [1.82, 2.24) is 4.90 Å². The molecule has 4 rings (SSSR count). The predicted octanol–water partition coefficient (Wildman–Crippen LogP) is 3.99. The number of carbonyl (C=O) groups excluding carboxylic acids is 2. The molecule has 3 atom stereocenters. The van der Waals surface area contributed by atoms with Crippen LogP contribution in [-0.4, -0.2) is 41.5 Å². The third-order valence-electron chi connectivity index (χ3n) is 5.24. The number of hydrogen-bond donors (Lipinski definition) is 1. The first-order chi connectivity index (χ1) is 13.6. The molecule has 0 radical (unpaired) electrons. The summed E-state index contributed by atoms with van der Waals surface area (Å²) >= 11 is 7.88. The van der Waals surface area contributed by atoms with Crippen LogP contribution >= 0.6 is 23.4 Å². The molecule has 3 unspecified atom stereocenters. The third kappa shape index (κ3) is 3.84. The molecule has 7 heteroatoms. The largest absolute Gasteiger partial charge is 0.497 e. The fraction of sp³-hybridized carbons (Fsp3) is 0.333. The Morgan fingerprint density at radius 2 is 1.93 bits per heavy atom. The molecule has 2 amide bonds.